The van der Waals surface area contributed by atoms with E-state index in [1.165, 1.54) is 12.3 Å². The minimum Gasteiger partial charge on any atom is -0.484 e. The van der Waals surface area contributed by atoms with Crippen molar-refractivity contribution in [3.63, 3.8) is 0 Å². The number of nitro benzene ring substituents is 1. The number of ether oxygens (including phenoxy) is 2. The van der Waals surface area contributed by atoms with E-state index in [1.54, 1.807) is 18.2 Å². The number of carbonyl (C=O) groups is 1. The van der Waals surface area contributed by atoms with Crippen molar-refractivity contribution in [2.75, 3.05) is 37.8 Å². The number of hydrogen-bond acceptors (Lipinski definition) is 7. The molecule has 9 nitrogen and oxygen atoms in total. The highest BCUT2D eigenvalue weighted by Gasteiger charge is 2.21. The van der Waals surface area contributed by atoms with Crippen molar-refractivity contribution in [2.45, 2.75) is 6.92 Å². The van der Waals surface area contributed by atoms with Gasteiger partial charge in [0.2, 0.25) is 0 Å². The normalized spacial score (nSPS) is 14.0. The molecular formula is C20H22N4O5. The van der Waals surface area contributed by atoms with E-state index in [0.29, 0.717) is 43.3 Å². The molecular weight excluding hydrogens is 376 g/mol. The van der Waals surface area contributed by atoms with E-state index in [2.05, 4.69) is 10.5 Å². The molecule has 1 saturated heterocycles. The Morgan fingerprint density at radius 3 is 2.83 bits per heavy atom. The summed E-state index contributed by atoms with van der Waals surface area (Å²) in [6, 6.07) is 12.2. The molecule has 0 aliphatic carbocycles. The summed E-state index contributed by atoms with van der Waals surface area (Å²) in [6.07, 6.45) is 1.36. The zero-order valence-corrected chi connectivity index (χ0v) is 16.0. The number of rotatable bonds is 7. The lowest BCUT2D eigenvalue weighted by molar-refractivity contribution is -0.384. The van der Waals surface area contributed by atoms with Crippen LogP contribution in [0.4, 0.5) is 11.4 Å². The maximum absolute atomic E-state index is 11.9. The van der Waals surface area contributed by atoms with Gasteiger partial charge in [0.05, 0.1) is 24.4 Å². The first-order valence-electron chi connectivity index (χ1n) is 9.15. The number of nitro groups is 1. The van der Waals surface area contributed by atoms with Crippen molar-refractivity contribution in [3.05, 3.63) is 63.7 Å². The maximum Gasteiger partial charge on any atom is 0.293 e. The summed E-state index contributed by atoms with van der Waals surface area (Å²) in [5.41, 5.74) is 4.43. The smallest absolute Gasteiger partial charge is 0.293 e. The van der Waals surface area contributed by atoms with Crippen LogP contribution in [0.15, 0.2) is 47.6 Å². The van der Waals surface area contributed by atoms with Gasteiger partial charge >= 0.3 is 0 Å². The number of hydrogen-bond donors (Lipinski definition) is 1. The molecule has 9 heteroatoms. The SMILES string of the molecule is Cc1cccc(OCC(=O)N/N=C/c2ccc(N3CCOCC3)c([N+](=O)[O-])c2)c1. The molecule has 29 heavy (non-hydrogen) atoms. The molecule has 0 radical (unpaired) electrons. The van der Waals surface area contributed by atoms with Crippen LogP contribution < -0.4 is 15.1 Å². The number of morpholine rings is 1. The third-order valence-electron chi connectivity index (χ3n) is 4.31. The molecule has 1 aliphatic rings. The Morgan fingerprint density at radius 2 is 2.10 bits per heavy atom. The van der Waals surface area contributed by atoms with Gasteiger partial charge in [0.25, 0.3) is 11.6 Å². The number of hydrazone groups is 1. The molecule has 152 valence electrons. The highest BCUT2D eigenvalue weighted by atomic mass is 16.6. The fourth-order valence-electron chi connectivity index (χ4n) is 2.90. The van der Waals surface area contributed by atoms with Crippen molar-refractivity contribution < 1.29 is 19.2 Å². The number of aryl methyl sites for hydroxylation is 1. The van der Waals surface area contributed by atoms with E-state index in [1.807, 2.05) is 30.0 Å². The van der Waals surface area contributed by atoms with E-state index in [0.717, 1.165) is 5.56 Å². The third-order valence-corrected chi connectivity index (χ3v) is 4.31. The lowest BCUT2D eigenvalue weighted by atomic mass is 10.1. The van der Waals surface area contributed by atoms with Crippen LogP contribution in [0.1, 0.15) is 11.1 Å². The van der Waals surface area contributed by atoms with Crippen molar-refractivity contribution in [3.8, 4) is 5.75 Å². The molecule has 1 heterocycles. The number of amides is 1. The first-order chi connectivity index (χ1) is 14.0. The molecule has 0 saturated carbocycles. The summed E-state index contributed by atoms with van der Waals surface area (Å²) in [5, 5.41) is 15.3. The maximum atomic E-state index is 11.9. The van der Waals surface area contributed by atoms with Crippen molar-refractivity contribution in [2.24, 2.45) is 5.10 Å². The Bertz CT molecular complexity index is 909. The lowest BCUT2D eigenvalue weighted by Crippen LogP contribution is -2.36. The Morgan fingerprint density at radius 1 is 1.31 bits per heavy atom. The minimum absolute atomic E-state index is 0.00930. The summed E-state index contributed by atoms with van der Waals surface area (Å²) in [4.78, 5) is 24.8. The molecule has 0 bridgehead atoms. The summed E-state index contributed by atoms with van der Waals surface area (Å²) < 4.78 is 10.7. The van der Waals surface area contributed by atoms with Crippen LogP contribution in [0.5, 0.6) is 5.75 Å². The number of nitrogens with zero attached hydrogens (tertiary/aromatic N) is 3. The molecule has 0 atom stereocenters. The van der Waals surface area contributed by atoms with Gasteiger partial charge < -0.3 is 14.4 Å². The number of benzene rings is 2. The van der Waals surface area contributed by atoms with Crippen molar-refractivity contribution in [1.29, 1.82) is 0 Å². The molecule has 2 aromatic rings. The predicted octanol–water partition coefficient (Wildman–Crippen LogP) is 2.27. The molecule has 1 amide bonds. The predicted molar refractivity (Wildman–Crippen MR) is 109 cm³/mol. The average molecular weight is 398 g/mol. The van der Waals surface area contributed by atoms with E-state index in [-0.39, 0.29) is 12.3 Å². The molecule has 1 N–H and O–H groups in total. The zero-order valence-electron chi connectivity index (χ0n) is 16.0. The number of anilines is 1. The second-order valence-electron chi connectivity index (χ2n) is 6.50. The van der Waals surface area contributed by atoms with Gasteiger partial charge in [-0.3, -0.25) is 14.9 Å². The first kappa shape index (κ1) is 20.3. The topological polar surface area (TPSA) is 106 Å². The van der Waals surface area contributed by atoms with Crippen molar-refractivity contribution >= 4 is 23.5 Å². The Balaban J connectivity index is 1.58. The van der Waals surface area contributed by atoms with Gasteiger partial charge in [0, 0.05) is 24.7 Å². The fourth-order valence-corrected chi connectivity index (χ4v) is 2.90. The van der Waals surface area contributed by atoms with Crippen LogP contribution in [0, 0.1) is 17.0 Å². The van der Waals surface area contributed by atoms with E-state index in [9.17, 15) is 14.9 Å². The Labute approximate surface area is 168 Å². The molecule has 0 aromatic heterocycles. The van der Waals surface area contributed by atoms with Crippen LogP contribution in [-0.2, 0) is 9.53 Å². The van der Waals surface area contributed by atoms with Crippen LogP contribution >= 0.6 is 0 Å². The minimum atomic E-state index is -0.429. The Kier molecular flexibility index (Phi) is 6.75. The molecule has 1 aliphatic heterocycles. The van der Waals surface area contributed by atoms with Crippen LogP contribution in [0.3, 0.4) is 0 Å². The van der Waals surface area contributed by atoms with Crippen LogP contribution in [0.2, 0.25) is 0 Å². The molecule has 2 aromatic carbocycles. The van der Waals surface area contributed by atoms with Gasteiger partial charge in [-0.1, -0.05) is 18.2 Å². The highest BCUT2D eigenvalue weighted by molar-refractivity contribution is 5.85. The summed E-state index contributed by atoms with van der Waals surface area (Å²) >= 11 is 0. The first-order valence-corrected chi connectivity index (χ1v) is 9.15. The Hall–Kier alpha value is -3.46. The largest absolute Gasteiger partial charge is 0.484 e. The third kappa shape index (κ3) is 5.76. The van der Waals surface area contributed by atoms with E-state index < -0.39 is 10.8 Å². The monoisotopic (exact) mass is 398 g/mol. The lowest BCUT2D eigenvalue weighted by Gasteiger charge is -2.28. The van der Waals surface area contributed by atoms with E-state index >= 15 is 0 Å². The second kappa shape index (κ2) is 9.65. The fraction of sp³-hybridized carbons (Fsp3) is 0.300. The molecule has 3 rings (SSSR count). The zero-order chi connectivity index (χ0) is 20.6. The summed E-state index contributed by atoms with van der Waals surface area (Å²) in [7, 11) is 0. The molecule has 1 fully saturated rings. The van der Waals surface area contributed by atoms with Gasteiger partial charge in [-0.25, -0.2) is 5.43 Å². The van der Waals surface area contributed by atoms with Gasteiger partial charge in [-0.2, -0.15) is 5.10 Å². The van der Waals surface area contributed by atoms with Gasteiger partial charge in [0.1, 0.15) is 11.4 Å². The van der Waals surface area contributed by atoms with E-state index in [4.69, 9.17) is 9.47 Å². The standard InChI is InChI=1S/C20H22N4O5/c1-15-3-2-4-17(11-15)29-14-20(25)22-21-13-16-5-6-18(19(12-16)24(26)27)23-7-9-28-10-8-23/h2-6,11-13H,7-10,14H2,1H3,(H,22,25)/b21-13+. The van der Waals surface area contributed by atoms with Gasteiger partial charge in [-0.15, -0.1) is 0 Å². The van der Waals surface area contributed by atoms with Gasteiger partial charge in [-0.05, 0) is 30.7 Å². The molecule has 0 unspecified atom stereocenters. The summed E-state index contributed by atoms with van der Waals surface area (Å²) in [5.74, 6) is 0.167. The average Bonchev–Trinajstić information content (AvgIpc) is 2.73. The quantitative estimate of drug-likeness (QED) is 0.436. The van der Waals surface area contributed by atoms with Gasteiger partial charge in [0.15, 0.2) is 6.61 Å². The van der Waals surface area contributed by atoms with Crippen LogP contribution in [-0.4, -0.2) is 50.0 Å². The number of nitrogens with one attached hydrogen (secondary N) is 1. The highest BCUT2D eigenvalue weighted by Crippen LogP contribution is 2.29. The molecule has 0 spiro atoms. The van der Waals surface area contributed by atoms with Crippen LogP contribution in [0.25, 0.3) is 0 Å². The number of carbonyl (C=O) groups excluding carboxylic acids is 1. The second-order valence-corrected chi connectivity index (χ2v) is 6.50. The van der Waals surface area contributed by atoms with Crippen molar-refractivity contribution in [1.82, 2.24) is 5.43 Å². The summed E-state index contributed by atoms with van der Waals surface area (Å²) in [6.45, 7) is 4.03.